The largest absolute Gasteiger partial charge is 0.497 e. The molecule has 25 heavy (non-hydrogen) atoms. The molecule has 0 saturated heterocycles. The Hall–Kier alpha value is -2.95. The summed E-state index contributed by atoms with van der Waals surface area (Å²) in [5.74, 6) is 2.13. The predicted octanol–water partition coefficient (Wildman–Crippen LogP) is 3.85. The van der Waals surface area contributed by atoms with Gasteiger partial charge in [-0.3, -0.25) is 4.79 Å². The van der Waals surface area contributed by atoms with Crippen LogP contribution in [0.15, 0.2) is 36.4 Å². The van der Waals surface area contributed by atoms with Gasteiger partial charge in [0.2, 0.25) is 5.75 Å². The van der Waals surface area contributed by atoms with Crippen LogP contribution in [-0.4, -0.2) is 34.2 Å². The predicted molar refractivity (Wildman–Crippen MR) is 97.6 cm³/mol. The van der Waals surface area contributed by atoms with E-state index in [1.165, 1.54) is 14.0 Å². The third-order valence-corrected chi connectivity index (χ3v) is 3.76. The van der Waals surface area contributed by atoms with Crippen molar-refractivity contribution in [3.8, 4) is 23.0 Å². The van der Waals surface area contributed by atoms with Crippen LogP contribution in [0.5, 0.6) is 23.0 Å². The van der Waals surface area contributed by atoms with Gasteiger partial charge >= 0.3 is 0 Å². The first-order chi connectivity index (χ1) is 12.0. The quantitative estimate of drug-likeness (QED) is 0.565. The van der Waals surface area contributed by atoms with Crippen LogP contribution in [0.25, 0.3) is 11.6 Å². The molecule has 2 aromatic carbocycles. The first kappa shape index (κ1) is 18.4. The van der Waals surface area contributed by atoms with Crippen molar-refractivity contribution < 1.29 is 23.7 Å². The molecular formula is C20H22O5. The Morgan fingerprint density at radius 2 is 1.52 bits per heavy atom. The van der Waals surface area contributed by atoms with Crippen molar-refractivity contribution in [1.82, 2.24) is 0 Å². The highest BCUT2D eigenvalue weighted by atomic mass is 16.5. The summed E-state index contributed by atoms with van der Waals surface area (Å²) in [5.41, 5.74) is 2.08. The molecule has 5 heteroatoms. The minimum Gasteiger partial charge on any atom is -0.497 e. The van der Waals surface area contributed by atoms with E-state index in [1.807, 2.05) is 30.3 Å². The molecule has 0 aliphatic carbocycles. The highest BCUT2D eigenvalue weighted by Crippen LogP contribution is 2.40. The molecule has 0 aromatic heterocycles. The van der Waals surface area contributed by atoms with E-state index in [9.17, 15) is 4.79 Å². The second-order valence-corrected chi connectivity index (χ2v) is 5.30. The summed E-state index contributed by atoms with van der Waals surface area (Å²) >= 11 is 0. The summed E-state index contributed by atoms with van der Waals surface area (Å²) in [5, 5.41) is 0. The van der Waals surface area contributed by atoms with Gasteiger partial charge in [0.05, 0.1) is 28.4 Å². The molecule has 0 spiro atoms. The van der Waals surface area contributed by atoms with Gasteiger partial charge in [-0.25, -0.2) is 0 Å². The fourth-order valence-electron chi connectivity index (χ4n) is 2.52. The van der Waals surface area contributed by atoms with Crippen LogP contribution in [0.2, 0.25) is 0 Å². The average molecular weight is 342 g/mol. The maximum absolute atomic E-state index is 12.2. The minimum atomic E-state index is -0.0721. The SMILES string of the molecule is COc1cccc(/C=C(/C(C)=O)c2cc(OC)c(OC)c(OC)c2)c1. The van der Waals surface area contributed by atoms with Crippen molar-refractivity contribution in [1.29, 1.82) is 0 Å². The number of hydrogen-bond donors (Lipinski definition) is 0. The van der Waals surface area contributed by atoms with Gasteiger partial charge in [-0.15, -0.1) is 0 Å². The molecule has 2 rings (SSSR count). The molecule has 0 heterocycles. The maximum atomic E-state index is 12.2. The monoisotopic (exact) mass is 342 g/mol. The first-order valence-corrected chi connectivity index (χ1v) is 7.71. The van der Waals surface area contributed by atoms with Gasteiger partial charge in [0.25, 0.3) is 0 Å². The smallest absolute Gasteiger partial charge is 0.203 e. The number of allylic oxidation sites excluding steroid dienone is 1. The molecule has 0 N–H and O–H groups in total. The molecule has 0 fully saturated rings. The number of carbonyl (C=O) groups excluding carboxylic acids is 1. The molecule has 0 unspecified atom stereocenters. The van der Waals surface area contributed by atoms with Gasteiger partial charge in [-0.05, 0) is 48.4 Å². The van der Waals surface area contributed by atoms with Crippen LogP contribution in [0.1, 0.15) is 18.1 Å². The van der Waals surface area contributed by atoms with Crippen LogP contribution in [-0.2, 0) is 4.79 Å². The van der Waals surface area contributed by atoms with Crippen LogP contribution >= 0.6 is 0 Å². The van der Waals surface area contributed by atoms with Crippen molar-refractivity contribution in [2.45, 2.75) is 6.92 Å². The molecule has 0 aliphatic rings. The molecule has 0 bridgehead atoms. The first-order valence-electron chi connectivity index (χ1n) is 7.71. The number of ether oxygens (including phenoxy) is 4. The lowest BCUT2D eigenvalue weighted by molar-refractivity contribution is -0.111. The van der Waals surface area contributed by atoms with Crippen LogP contribution in [0.4, 0.5) is 0 Å². The van der Waals surface area contributed by atoms with Crippen molar-refractivity contribution in [2.24, 2.45) is 0 Å². The van der Waals surface area contributed by atoms with Gasteiger partial charge in [0.15, 0.2) is 17.3 Å². The average Bonchev–Trinajstić information content (AvgIpc) is 2.64. The van der Waals surface area contributed by atoms with E-state index >= 15 is 0 Å². The van der Waals surface area contributed by atoms with Crippen molar-refractivity contribution in [3.63, 3.8) is 0 Å². The lowest BCUT2D eigenvalue weighted by Gasteiger charge is -2.15. The number of carbonyl (C=O) groups is 1. The molecule has 0 atom stereocenters. The number of hydrogen-bond acceptors (Lipinski definition) is 5. The van der Waals surface area contributed by atoms with E-state index < -0.39 is 0 Å². The molecule has 0 radical (unpaired) electrons. The Morgan fingerprint density at radius 3 is 2.00 bits per heavy atom. The topological polar surface area (TPSA) is 54.0 Å². The van der Waals surface area contributed by atoms with Gasteiger partial charge < -0.3 is 18.9 Å². The fraction of sp³-hybridized carbons (Fsp3) is 0.250. The zero-order valence-corrected chi connectivity index (χ0v) is 15.1. The zero-order valence-electron chi connectivity index (χ0n) is 15.1. The van der Waals surface area contributed by atoms with E-state index in [-0.39, 0.29) is 5.78 Å². The normalized spacial score (nSPS) is 11.0. The standard InChI is InChI=1S/C20H22O5/c1-13(21)17(10-14-7-6-8-16(9-14)22-2)15-11-18(23-3)20(25-5)19(12-15)24-4/h6-12H,1-5H3/b17-10-. The van der Waals surface area contributed by atoms with Crippen LogP contribution in [0, 0.1) is 0 Å². The highest BCUT2D eigenvalue weighted by molar-refractivity contribution is 6.24. The zero-order chi connectivity index (χ0) is 18.4. The van der Waals surface area contributed by atoms with Gasteiger partial charge in [-0.2, -0.15) is 0 Å². The van der Waals surface area contributed by atoms with E-state index in [2.05, 4.69) is 0 Å². The summed E-state index contributed by atoms with van der Waals surface area (Å²) in [6, 6.07) is 11.0. The third-order valence-electron chi connectivity index (χ3n) is 3.76. The number of rotatable bonds is 7. The fourth-order valence-corrected chi connectivity index (χ4v) is 2.52. The Morgan fingerprint density at radius 1 is 0.880 bits per heavy atom. The lowest BCUT2D eigenvalue weighted by Crippen LogP contribution is -2.00. The van der Waals surface area contributed by atoms with Crippen LogP contribution < -0.4 is 18.9 Å². The van der Waals surface area contributed by atoms with E-state index in [1.54, 1.807) is 33.5 Å². The number of benzene rings is 2. The lowest BCUT2D eigenvalue weighted by atomic mass is 9.98. The Labute approximate surface area is 147 Å². The van der Waals surface area contributed by atoms with Gasteiger partial charge in [-0.1, -0.05) is 12.1 Å². The third kappa shape index (κ3) is 4.12. The van der Waals surface area contributed by atoms with E-state index in [0.717, 1.165) is 11.3 Å². The Balaban J connectivity index is 2.60. The van der Waals surface area contributed by atoms with Gasteiger partial charge in [0, 0.05) is 5.57 Å². The molecule has 0 aliphatic heterocycles. The molecule has 5 nitrogen and oxygen atoms in total. The maximum Gasteiger partial charge on any atom is 0.203 e. The van der Waals surface area contributed by atoms with E-state index in [4.69, 9.17) is 18.9 Å². The summed E-state index contributed by atoms with van der Waals surface area (Å²) in [4.78, 5) is 12.2. The molecule has 0 amide bonds. The highest BCUT2D eigenvalue weighted by Gasteiger charge is 2.17. The van der Waals surface area contributed by atoms with Crippen molar-refractivity contribution in [3.05, 3.63) is 47.5 Å². The summed E-state index contributed by atoms with van der Waals surface area (Å²) in [7, 11) is 6.23. The van der Waals surface area contributed by atoms with Crippen molar-refractivity contribution >= 4 is 17.4 Å². The molecular weight excluding hydrogens is 320 g/mol. The van der Waals surface area contributed by atoms with E-state index in [0.29, 0.717) is 28.4 Å². The summed E-state index contributed by atoms with van der Waals surface area (Å²) < 4.78 is 21.3. The van der Waals surface area contributed by atoms with Crippen molar-refractivity contribution in [2.75, 3.05) is 28.4 Å². The number of ketones is 1. The Bertz CT molecular complexity index is 767. The summed E-state index contributed by atoms with van der Waals surface area (Å²) in [6.07, 6.45) is 1.81. The molecule has 2 aromatic rings. The minimum absolute atomic E-state index is 0.0721. The van der Waals surface area contributed by atoms with Crippen LogP contribution in [0.3, 0.4) is 0 Å². The number of methoxy groups -OCH3 is 4. The Kier molecular flexibility index (Phi) is 6.06. The summed E-state index contributed by atoms with van der Waals surface area (Å²) in [6.45, 7) is 1.52. The second kappa shape index (κ2) is 8.24. The second-order valence-electron chi connectivity index (χ2n) is 5.30. The molecule has 0 saturated carbocycles. The molecule has 132 valence electrons. The van der Waals surface area contributed by atoms with Gasteiger partial charge in [0.1, 0.15) is 5.75 Å². The number of Topliss-reactive ketones (excluding diaryl/α,β-unsaturated/α-hetero) is 1.